The summed E-state index contributed by atoms with van der Waals surface area (Å²) in [7, 11) is 0. The van der Waals surface area contributed by atoms with E-state index in [1.54, 1.807) is 4.90 Å². The number of terminal acetylenes is 1. The molecule has 0 N–H and O–H groups in total. The first-order valence-electron chi connectivity index (χ1n) is 3.55. The Balaban J connectivity index is 2.02. The Morgan fingerprint density at radius 3 is 3.10 bits per heavy atom. The molecule has 1 amide bonds. The lowest BCUT2D eigenvalue weighted by Gasteiger charge is -2.13. The second-order valence-electron chi connectivity index (χ2n) is 3.03. The van der Waals surface area contributed by atoms with E-state index in [1.807, 2.05) is 0 Å². The molecule has 2 heteroatoms. The van der Waals surface area contributed by atoms with Gasteiger partial charge in [0.2, 0.25) is 5.91 Å². The predicted octanol–water partition coefficient (Wildman–Crippen LogP) is 0.0979. The summed E-state index contributed by atoms with van der Waals surface area (Å²) in [6.45, 7) is 1.42. The van der Waals surface area contributed by atoms with E-state index in [1.165, 1.54) is 0 Å². The molecule has 2 nitrogen and oxygen atoms in total. The van der Waals surface area contributed by atoms with Crippen LogP contribution in [0.3, 0.4) is 0 Å². The molecular weight excluding hydrogens is 126 g/mol. The van der Waals surface area contributed by atoms with E-state index in [4.69, 9.17) is 6.42 Å². The summed E-state index contributed by atoms with van der Waals surface area (Å²) in [5, 5.41) is 0. The zero-order valence-electron chi connectivity index (χ0n) is 5.71. The van der Waals surface area contributed by atoms with Gasteiger partial charge in [-0.3, -0.25) is 4.79 Å². The molecule has 0 radical (unpaired) electrons. The van der Waals surface area contributed by atoms with Gasteiger partial charge in [0.1, 0.15) is 0 Å². The van der Waals surface area contributed by atoms with E-state index in [0.717, 1.165) is 13.0 Å². The van der Waals surface area contributed by atoms with Crippen LogP contribution < -0.4 is 0 Å². The molecule has 2 aliphatic rings. The molecule has 0 spiro atoms. The highest BCUT2D eigenvalue weighted by Gasteiger charge is 2.51. The summed E-state index contributed by atoms with van der Waals surface area (Å²) in [4.78, 5) is 12.9. The third-order valence-electron chi connectivity index (χ3n) is 2.29. The quantitative estimate of drug-likeness (QED) is 0.467. The van der Waals surface area contributed by atoms with Crippen molar-refractivity contribution in [1.82, 2.24) is 4.90 Å². The maximum absolute atomic E-state index is 11.2. The molecule has 0 aromatic heterocycles. The van der Waals surface area contributed by atoms with Crippen LogP contribution in [0.25, 0.3) is 0 Å². The molecule has 1 saturated carbocycles. The minimum Gasteiger partial charge on any atom is -0.331 e. The van der Waals surface area contributed by atoms with E-state index in [0.29, 0.717) is 18.4 Å². The molecule has 2 atom stereocenters. The monoisotopic (exact) mass is 135 g/mol. The largest absolute Gasteiger partial charge is 0.331 e. The van der Waals surface area contributed by atoms with Gasteiger partial charge >= 0.3 is 0 Å². The second kappa shape index (κ2) is 1.76. The van der Waals surface area contributed by atoms with Crippen molar-refractivity contribution >= 4 is 5.91 Å². The van der Waals surface area contributed by atoms with Crippen LogP contribution in [-0.4, -0.2) is 23.9 Å². The van der Waals surface area contributed by atoms with Crippen molar-refractivity contribution in [2.75, 3.05) is 13.1 Å². The topological polar surface area (TPSA) is 20.3 Å². The van der Waals surface area contributed by atoms with Gasteiger partial charge < -0.3 is 4.90 Å². The van der Waals surface area contributed by atoms with E-state index in [-0.39, 0.29) is 5.91 Å². The summed E-state index contributed by atoms with van der Waals surface area (Å²) < 4.78 is 0. The SMILES string of the molecule is C#CCN1CC2CC2C1=O. The maximum Gasteiger partial charge on any atom is 0.226 e. The highest BCUT2D eigenvalue weighted by atomic mass is 16.2. The highest BCUT2D eigenvalue weighted by molar-refractivity contribution is 5.84. The van der Waals surface area contributed by atoms with Crippen molar-refractivity contribution in [3.8, 4) is 12.3 Å². The fraction of sp³-hybridized carbons (Fsp3) is 0.625. The number of nitrogens with zero attached hydrogens (tertiary/aromatic N) is 1. The molecule has 2 fully saturated rings. The van der Waals surface area contributed by atoms with Crippen LogP contribution in [0.4, 0.5) is 0 Å². The van der Waals surface area contributed by atoms with Gasteiger partial charge in [-0.15, -0.1) is 6.42 Å². The van der Waals surface area contributed by atoms with E-state index in [9.17, 15) is 4.79 Å². The molecule has 0 aromatic carbocycles. The fourth-order valence-electron chi connectivity index (χ4n) is 1.61. The van der Waals surface area contributed by atoms with Crippen LogP contribution in [0.2, 0.25) is 0 Å². The smallest absolute Gasteiger partial charge is 0.226 e. The number of piperidine rings is 1. The first-order chi connectivity index (χ1) is 4.83. The number of fused-ring (bicyclic) bond motifs is 1. The Hall–Kier alpha value is -0.970. The van der Waals surface area contributed by atoms with Crippen LogP contribution in [0, 0.1) is 24.2 Å². The fourth-order valence-corrected chi connectivity index (χ4v) is 1.61. The van der Waals surface area contributed by atoms with Crippen molar-refractivity contribution in [2.45, 2.75) is 6.42 Å². The minimum atomic E-state index is 0.281. The normalized spacial score (nSPS) is 35.5. The number of likely N-dealkylation sites (tertiary alicyclic amines) is 1. The Labute approximate surface area is 60.2 Å². The molecule has 1 heterocycles. The van der Waals surface area contributed by atoms with E-state index >= 15 is 0 Å². The number of amides is 1. The minimum absolute atomic E-state index is 0.281. The summed E-state index contributed by atoms with van der Waals surface area (Å²) in [5.74, 6) is 3.78. The average Bonchev–Trinajstić information content (AvgIpc) is 2.60. The predicted molar refractivity (Wildman–Crippen MR) is 37.0 cm³/mol. The van der Waals surface area contributed by atoms with Crippen LogP contribution in [-0.2, 0) is 4.79 Å². The average molecular weight is 135 g/mol. The molecule has 10 heavy (non-hydrogen) atoms. The summed E-state index contributed by atoms with van der Waals surface area (Å²) >= 11 is 0. The molecule has 2 rings (SSSR count). The van der Waals surface area contributed by atoms with Crippen molar-refractivity contribution in [2.24, 2.45) is 11.8 Å². The van der Waals surface area contributed by atoms with Gasteiger partial charge in [-0.2, -0.15) is 0 Å². The Morgan fingerprint density at radius 1 is 1.80 bits per heavy atom. The number of hydrogen-bond acceptors (Lipinski definition) is 1. The van der Waals surface area contributed by atoms with Crippen molar-refractivity contribution in [3.05, 3.63) is 0 Å². The van der Waals surface area contributed by atoms with Crippen molar-refractivity contribution < 1.29 is 4.79 Å². The molecule has 2 unspecified atom stereocenters. The van der Waals surface area contributed by atoms with Gasteiger partial charge in [0.05, 0.1) is 6.54 Å². The van der Waals surface area contributed by atoms with Gasteiger partial charge in [-0.1, -0.05) is 5.92 Å². The van der Waals surface area contributed by atoms with Crippen LogP contribution in [0.15, 0.2) is 0 Å². The second-order valence-corrected chi connectivity index (χ2v) is 3.03. The molecule has 52 valence electrons. The van der Waals surface area contributed by atoms with E-state index < -0.39 is 0 Å². The Morgan fingerprint density at radius 2 is 2.60 bits per heavy atom. The highest BCUT2D eigenvalue weighted by Crippen LogP contribution is 2.45. The lowest BCUT2D eigenvalue weighted by atomic mass is 10.4. The van der Waals surface area contributed by atoms with Crippen molar-refractivity contribution in [3.63, 3.8) is 0 Å². The Bertz CT molecular complexity index is 216. The van der Waals surface area contributed by atoms with Gasteiger partial charge in [-0.05, 0) is 12.3 Å². The lowest BCUT2D eigenvalue weighted by Crippen LogP contribution is -2.28. The number of rotatable bonds is 1. The van der Waals surface area contributed by atoms with Gasteiger partial charge in [0.25, 0.3) is 0 Å². The third kappa shape index (κ3) is 0.637. The first kappa shape index (κ1) is 5.79. The summed E-state index contributed by atoms with van der Waals surface area (Å²) in [6, 6.07) is 0. The van der Waals surface area contributed by atoms with Crippen LogP contribution in [0.1, 0.15) is 6.42 Å². The number of carbonyl (C=O) groups excluding carboxylic acids is 1. The number of carbonyl (C=O) groups is 1. The molecular formula is C8H9NO. The molecule has 1 aliphatic heterocycles. The zero-order valence-corrected chi connectivity index (χ0v) is 5.71. The number of hydrogen-bond donors (Lipinski definition) is 0. The Kier molecular flexibility index (Phi) is 1.02. The first-order valence-corrected chi connectivity index (χ1v) is 3.55. The molecule has 1 aliphatic carbocycles. The molecule has 1 saturated heterocycles. The molecule has 0 bridgehead atoms. The van der Waals surface area contributed by atoms with Crippen LogP contribution >= 0.6 is 0 Å². The van der Waals surface area contributed by atoms with E-state index in [2.05, 4.69) is 5.92 Å². The summed E-state index contributed by atoms with van der Waals surface area (Å²) in [6.07, 6.45) is 6.20. The third-order valence-corrected chi connectivity index (χ3v) is 2.29. The summed E-state index contributed by atoms with van der Waals surface area (Å²) in [5.41, 5.74) is 0. The van der Waals surface area contributed by atoms with Crippen LogP contribution in [0.5, 0.6) is 0 Å². The van der Waals surface area contributed by atoms with Gasteiger partial charge in [-0.25, -0.2) is 0 Å². The van der Waals surface area contributed by atoms with Gasteiger partial charge in [0, 0.05) is 12.5 Å². The standard InChI is InChI=1S/C8H9NO/c1-2-3-9-5-6-4-7(6)8(9)10/h1,6-7H,3-5H2. The maximum atomic E-state index is 11.2. The van der Waals surface area contributed by atoms with Gasteiger partial charge in [0.15, 0.2) is 0 Å². The molecule has 0 aromatic rings. The lowest BCUT2D eigenvalue weighted by molar-refractivity contribution is -0.129. The zero-order chi connectivity index (χ0) is 7.14. The van der Waals surface area contributed by atoms with Crippen molar-refractivity contribution in [1.29, 1.82) is 0 Å².